The van der Waals surface area contributed by atoms with Crippen molar-refractivity contribution in [2.75, 3.05) is 61.3 Å². The van der Waals surface area contributed by atoms with Crippen LogP contribution < -0.4 is 24.7 Å². The summed E-state index contributed by atoms with van der Waals surface area (Å²) in [5, 5.41) is 35.2. The van der Waals surface area contributed by atoms with E-state index in [0.29, 0.717) is 65.9 Å². The summed E-state index contributed by atoms with van der Waals surface area (Å²) in [6.07, 6.45) is -22.7. The zero-order chi connectivity index (χ0) is 87.6. The Morgan fingerprint density at radius 3 is 1.19 bits per heavy atom. The smallest absolute Gasteiger partial charge is 0.416 e. The van der Waals surface area contributed by atoms with E-state index in [-0.39, 0.29) is 84.2 Å². The van der Waals surface area contributed by atoms with E-state index >= 15 is 0 Å². The number of nitrogens with two attached hydrogens (primary N) is 1. The standard InChI is InChI=1S/C16H20F3NO2.C15H18F3NO3.C10H12F3NO.C10H8F3NO.C9H7F3O3.C9H9F3O2.2C4H7BO/c1-10-7-11-5-6-20(14(21)22-15(2,3)4)9-12(11)13(8-10)16(17,18)19;1-14(2,3)22-13(21)19-5-4-9-6-10(20)7-12(11(9)8-19)15(16,17)18;2*1-15-9-5-7(2-3-14)4-8(6-9)10(11,12)13;1-15-7-3-5(8(13)14)2-6(4-7)9(10,11)12;1-14-8-3-6(5-13)2-7(4-8)9(10,11)12;2*5-4-2-1-3-6-4/h7-8H,5-6,9H2,1-4H3;6-7,20H,4-5,8H2,1-3H3;4-6H,2-3,14H2,1H3;4-6H,2H2,1H3;2-4H,1H3,(H,13,14);2-4,13H,5H2,1H3;2*4H,1-3H2. The van der Waals surface area contributed by atoms with E-state index in [1.54, 1.807) is 66.7 Å². The van der Waals surface area contributed by atoms with E-state index < -0.39 is 118 Å². The molecule has 0 bridgehead atoms. The number of aliphatic hydroxyl groups is 1. The van der Waals surface area contributed by atoms with Gasteiger partial charge >= 0.3 is 55.2 Å². The molecule has 4 aliphatic heterocycles. The van der Waals surface area contributed by atoms with E-state index in [0.717, 1.165) is 93.5 Å². The van der Waals surface area contributed by atoms with Gasteiger partial charge in [0.25, 0.3) is 0 Å². The number of aliphatic hydroxyl groups excluding tert-OH is 1. The SMILES string of the molecule is CC(C)(C)OC(=O)N1CCc2cc(O)cc(C(F)(F)F)c2C1.COc1cc(C(=O)O)cc(C(F)(F)F)c1.COc1cc(CC#N)cc(C(F)(F)F)c1.COc1cc(CCN)cc(C(F)(F)F)c1.COc1cc(CO)cc(C(F)(F)F)c1.Cc1cc2c(c(C(F)(F)F)c1)CN(C(=O)OC(C)(C)C)CC2.[B]C1CCCO1.[B]C1CCCO1. The molecule has 632 valence electrons. The monoisotopic (exact) mass is 1660 g/mol. The molecule has 18 nitrogen and oxygen atoms in total. The molecular weight excluding hydrogens is 1570 g/mol. The maximum Gasteiger partial charge on any atom is 0.416 e. The van der Waals surface area contributed by atoms with Crippen LogP contribution in [0.3, 0.4) is 0 Å². The minimum Gasteiger partial charge on any atom is -0.508 e. The average Bonchev–Trinajstić information content (AvgIpc) is 1.07. The Morgan fingerprint density at radius 1 is 0.513 bits per heavy atom. The van der Waals surface area contributed by atoms with Crippen LogP contribution in [0.25, 0.3) is 0 Å². The number of alkyl halides is 18. The first-order valence-corrected chi connectivity index (χ1v) is 34.7. The second-order valence-electron chi connectivity index (χ2n) is 27.5. The molecule has 0 spiro atoms. The topological polar surface area (TPSA) is 242 Å². The summed E-state index contributed by atoms with van der Waals surface area (Å²) >= 11 is 0. The summed E-state index contributed by atoms with van der Waals surface area (Å²) in [6, 6.07) is 19.1. The lowest BCUT2D eigenvalue weighted by Gasteiger charge is -2.32. The number of phenolic OH excluding ortho intramolecular Hbond substituents is 1. The number of nitriles is 1. The third-order valence-corrected chi connectivity index (χ3v) is 15.9. The first-order valence-electron chi connectivity index (χ1n) is 34.7. The highest BCUT2D eigenvalue weighted by Crippen LogP contribution is 2.42. The molecule has 2 saturated heterocycles. The Kier molecular flexibility index (Phi) is 37.7. The number of carboxylic acid groups (broad SMARTS) is 1. The van der Waals surface area contributed by atoms with Gasteiger partial charge in [-0.25, -0.2) is 14.4 Å². The molecule has 2 fully saturated rings. The van der Waals surface area contributed by atoms with Crippen molar-refractivity contribution in [2.45, 2.75) is 180 Å². The van der Waals surface area contributed by atoms with Crippen LogP contribution in [0.4, 0.5) is 88.6 Å². The minimum atomic E-state index is -4.58. The van der Waals surface area contributed by atoms with Crippen LogP contribution >= 0.6 is 0 Å². The molecule has 115 heavy (non-hydrogen) atoms. The van der Waals surface area contributed by atoms with Crippen molar-refractivity contribution >= 4 is 33.8 Å². The molecule has 5 N–H and O–H groups in total. The molecule has 2 unspecified atom stereocenters. The maximum atomic E-state index is 13.2. The number of halogens is 18. The molecule has 6 aromatic carbocycles. The van der Waals surface area contributed by atoms with Gasteiger partial charge < -0.3 is 68.7 Å². The summed E-state index contributed by atoms with van der Waals surface area (Å²) in [7, 11) is 15.7. The number of carboxylic acids is 1. The highest BCUT2D eigenvalue weighted by molar-refractivity contribution is 6.11. The number of ether oxygens (including phenoxy) is 8. The minimum absolute atomic E-state index is 0.0161. The Bertz CT molecular complexity index is 4020. The first-order chi connectivity index (χ1) is 53.0. The number of carbonyl (C=O) groups is 3. The van der Waals surface area contributed by atoms with Crippen molar-refractivity contribution in [3.8, 4) is 34.8 Å². The summed E-state index contributed by atoms with van der Waals surface area (Å²) in [6.45, 7) is 13.9. The van der Waals surface area contributed by atoms with Crippen LogP contribution in [-0.4, -0.2) is 143 Å². The van der Waals surface area contributed by atoms with Gasteiger partial charge in [-0.2, -0.15) is 84.3 Å². The second kappa shape index (κ2) is 43.5. The number of amides is 2. The molecule has 10 rings (SSSR count). The van der Waals surface area contributed by atoms with Crippen molar-refractivity contribution in [1.82, 2.24) is 9.80 Å². The average molecular weight is 1660 g/mol. The first kappa shape index (κ1) is 99.7. The van der Waals surface area contributed by atoms with E-state index in [1.807, 2.05) is 0 Å². The lowest BCUT2D eigenvalue weighted by molar-refractivity contribution is -0.139. The number of phenols is 1. The Morgan fingerprint density at radius 2 is 0.870 bits per heavy atom. The zero-order valence-corrected chi connectivity index (χ0v) is 64.4. The van der Waals surface area contributed by atoms with E-state index in [9.17, 15) is 98.5 Å². The van der Waals surface area contributed by atoms with Gasteiger partial charge in [0.05, 0.1) is 86.5 Å². The zero-order valence-electron chi connectivity index (χ0n) is 64.4. The Hall–Kier alpha value is -9.47. The van der Waals surface area contributed by atoms with Crippen molar-refractivity contribution < 1.29 is 147 Å². The van der Waals surface area contributed by atoms with Gasteiger partial charge in [-0.1, -0.05) is 11.6 Å². The van der Waals surface area contributed by atoms with Gasteiger partial charge in [-0.05, 0) is 230 Å². The van der Waals surface area contributed by atoms with Gasteiger partial charge in [0.2, 0.25) is 0 Å². The lowest BCUT2D eigenvalue weighted by Crippen LogP contribution is -2.40. The largest absolute Gasteiger partial charge is 0.508 e. The lowest BCUT2D eigenvalue weighted by atomic mass is 9.92. The van der Waals surface area contributed by atoms with E-state index in [1.165, 1.54) is 56.4 Å². The number of aryl methyl sites for hydroxylation is 1. The van der Waals surface area contributed by atoms with Crippen molar-refractivity contribution in [3.63, 3.8) is 0 Å². The summed E-state index contributed by atoms with van der Waals surface area (Å²) in [5.41, 5.74) is 1.37. The second-order valence-corrected chi connectivity index (χ2v) is 27.5. The van der Waals surface area contributed by atoms with Crippen LogP contribution in [0.5, 0.6) is 28.7 Å². The van der Waals surface area contributed by atoms with E-state index in [4.69, 9.17) is 65.3 Å². The quantitative estimate of drug-likeness (QED) is 0.0777. The third kappa shape index (κ3) is 35.3. The highest BCUT2D eigenvalue weighted by Gasteiger charge is 2.41. The Balaban J connectivity index is 0.000000349. The van der Waals surface area contributed by atoms with Crippen LogP contribution in [0, 0.1) is 18.3 Å². The van der Waals surface area contributed by atoms with Gasteiger partial charge in [0.1, 0.15) is 55.6 Å². The fourth-order valence-corrected chi connectivity index (χ4v) is 10.6. The van der Waals surface area contributed by atoms with Crippen LogP contribution in [0.1, 0.15) is 155 Å². The fraction of sp³-hybridized carbons (Fsp3) is 0.481. The number of aromatic carboxylic acids is 1. The van der Waals surface area contributed by atoms with Crippen LogP contribution in [-0.2, 0) is 101 Å². The predicted molar refractivity (Wildman–Crippen MR) is 386 cm³/mol. The third-order valence-electron chi connectivity index (χ3n) is 15.9. The van der Waals surface area contributed by atoms with E-state index in [2.05, 4.69) is 9.47 Å². The number of hydrogen-bond donors (Lipinski definition) is 4. The fourth-order valence-electron chi connectivity index (χ4n) is 10.6. The number of fused-ring (bicyclic) bond motifs is 2. The molecule has 0 aliphatic carbocycles. The van der Waals surface area contributed by atoms with Gasteiger partial charge in [-0.15, -0.1) is 0 Å². The normalized spacial score (nSPS) is 15.3. The number of hydrogen-bond acceptors (Lipinski definition) is 15. The molecule has 0 aromatic heterocycles. The van der Waals surface area contributed by atoms with Crippen molar-refractivity contribution in [1.29, 1.82) is 5.26 Å². The molecule has 2 amide bonds. The van der Waals surface area contributed by atoms with Crippen LogP contribution in [0.2, 0.25) is 0 Å². The van der Waals surface area contributed by atoms with Crippen molar-refractivity contribution in [3.05, 3.63) is 181 Å². The molecule has 6 aromatic rings. The highest BCUT2D eigenvalue weighted by atomic mass is 19.4. The summed E-state index contributed by atoms with van der Waals surface area (Å²) < 4.78 is 266. The maximum absolute atomic E-state index is 13.2. The molecule has 2 atom stereocenters. The molecule has 4 heterocycles. The predicted octanol–water partition coefficient (Wildman–Crippen LogP) is 18.2. The molecule has 4 aliphatic rings. The number of carbonyl (C=O) groups excluding carboxylic acids is 2. The molecule has 0 saturated carbocycles. The van der Waals surface area contributed by atoms with Crippen LogP contribution in [0.15, 0.2) is 97.1 Å². The number of nitrogens with zero attached hydrogens (tertiary/aromatic N) is 3. The number of benzene rings is 6. The van der Waals surface area contributed by atoms with Crippen molar-refractivity contribution in [2.24, 2.45) is 5.73 Å². The summed E-state index contributed by atoms with van der Waals surface area (Å²) in [4.78, 5) is 37.2. The van der Waals surface area contributed by atoms with Gasteiger partial charge in [0.15, 0.2) is 0 Å². The number of aromatic hydroxyl groups is 1. The summed E-state index contributed by atoms with van der Waals surface area (Å²) in [5.74, 6) is -1.59. The number of rotatable bonds is 9. The van der Waals surface area contributed by atoms with Gasteiger partial charge in [0, 0.05) is 51.4 Å². The van der Waals surface area contributed by atoms with Gasteiger partial charge in [-0.3, -0.25) is 0 Å². The Labute approximate surface area is 655 Å². The molecule has 38 heteroatoms. The molecule has 4 radical (unpaired) electrons. The molecular formula is C77H88B2F18N4O14. The number of methoxy groups -OCH3 is 4.